The van der Waals surface area contributed by atoms with Gasteiger partial charge in [-0.15, -0.1) is 0 Å². The van der Waals surface area contributed by atoms with Crippen LogP contribution in [0.5, 0.6) is 0 Å². The van der Waals surface area contributed by atoms with Crippen LogP contribution in [-0.2, 0) is 38.9 Å². The first-order valence-corrected chi connectivity index (χ1v) is 1.50. The van der Waals surface area contributed by atoms with E-state index in [0.29, 0.717) is 0 Å². The van der Waals surface area contributed by atoms with Crippen LogP contribution in [-0.4, -0.2) is 27.3 Å². The molecule has 0 N–H and O–H groups in total. The van der Waals surface area contributed by atoms with E-state index in [4.69, 9.17) is 3.57 Å². The molecule has 0 heterocycles. The molecule has 0 aromatic heterocycles. The zero-order valence-corrected chi connectivity index (χ0v) is 11.7. The summed E-state index contributed by atoms with van der Waals surface area (Å²) >= 11 is 0.125. The summed E-state index contributed by atoms with van der Waals surface area (Å²) in [5.74, 6) is 0. The number of hydrogen-bond donors (Lipinski definition) is 0. The van der Waals surface area contributed by atoms with Crippen LogP contribution in [0.1, 0.15) is 0 Å². The molecule has 2 radical (unpaired) electrons. The summed E-state index contributed by atoms with van der Waals surface area (Å²) in [6, 6.07) is 0. The molecule has 0 atom stereocenters. The fourth-order valence-corrected chi connectivity index (χ4v) is 0. The van der Waals surface area contributed by atoms with Gasteiger partial charge in [-0.05, 0) is 0 Å². The molecule has 0 aromatic rings. The molecule has 4 heteroatoms. The molecule has 0 rings (SSSR count). The Morgan fingerprint density at radius 2 is 1.25 bits per heavy atom. The van der Waals surface area contributed by atoms with E-state index >= 15 is 0 Å². The van der Waals surface area contributed by atoms with Crippen molar-refractivity contribution in [2.45, 2.75) is 0 Å². The van der Waals surface area contributed by atoms with Crippen molar-refractivity contribution in [3.8, 4) is 0 Å². The first kappa shape index (κ1) is 16.9. The van der Waals surface area contributed by atoms with Crippen LogP contribution in [0.2, 0.25) is 0 Å². The van der Waals surface area contributed by atoms with E-state index in [1.54, 1.807) is 0 Å². The second-order valence-corrected chi connectivity index (χ2v) is 0. The van der Waals surface area contributed by atoms with Crippen molar-refractivity contribution >= 4 is 27.3 Å². The van der Waals surface area contributed by atoms with Crippen molar-refractivity contribution in [2.75, 3.05) is 0 Å². The molecule has 0 aliphatic rings. The Bertz CT molecular complexity index is 8.00. The maximum atomic E-state index is 8.38. The van der Waals surface area contributed by atoms with E-state index in [-0.39, 0.29) is 62.6 Å². The van der Waals surface area contributed by atoms with Crippen LogP contribution in [0.15, 0.2) is 0 Å². The average molecular weight is 346 g/mol. The van der Waals surface area contributed by atoms with Gasteiger partial charge in [0, 0.05) is 17.1 Å². The standard InChI is InChI=1S/Fe.O.Pb.Zn.2H. The molecular weight excluding hydrogens is 344 g/mol. The number of hydrogen-bond acceptors (Lipinski definition) is 1. The zero-order chi connectivity index (χ0) is 2.00. The fourth-order valence-electron chi connectivity index (χ4n) is 0. The van der Waals surface area contributed by atoms with Gasteiger partial charge in [0.25, 0.3) is 0 Å². The molecule has 0 fully saturated rings. The Balaban J connectivity index is -0.00000000500. The average Bonchev–Trinajstić information content (AvgIpc) is 1.00. The second kappa shape index (κ2) is 20.9. The quantitative estimate of drug-likeness (QED) is 0.512. The Kier molecular flexibility index (Phi) is 88.3. The predicted octanol–water partition coefficient (Wildman–Crippen LogP) is -1.04. The molecule has 0 aliphatic carbocycles. The van der Waals surface area contributed by atoms with E-state index in [1.165, 1.54) is 0 Å². The molecule has 0 aromatic carbocycles. The fraction of sp³-hybridized carbons (Fsp3) is 0. The van der Waals surface area contributed by atoms with Gasteiger partial charge in [0.1, 0.15) is 0 Å². The minimum atomic E-state index is 0. The summed E-state index contributed by atoms with van der Waals surface area (Å²) < 4.78 is 8.38. The van der Waals surface area contributed by atoms with E-state index in [1.807, 2.05) is 0 Å². The SMILES string of the molecule is [Fe].[O]=[Zn].[PbH2]. The summed E-state index contributed by atoms with van der Waals surface area (Å²) in [5, 5.41) is 0. The van der Waals surface area contributed by atoms with E-state index in [2.05, 4.69) is 0 Å². The third-order valence-corrected chi connectivity index (χ3v) is 0. The summed E-state index contributed by atoms with van der Waals surface area (Å²) in [4.78, 5) is 0. The Labute approximate surface area is 65.5 Å². The Morgan fingerprint density at radius 3 is 1.25 bits per heavy atom. The van der Waals surface area contributed by atoms with Crippen LogP contribution < -0.4 is 0 Å². The number of rotatable bonds is 0. The summed E-state index contributed by atoms with van der Waals surface area (Å²) in [5.41, 5.74) is 0. The molecule has 0 saturated heterocycles. The molecule has 0 aliphatic heterocycles. The molecular formula is H2FeOPbZn. The second-order valence-electron chi connectivity index (χ2n) is 0. The molecule has 22 valence electrons. The van der Waals surface area contributed by atoms with Crippen LogP contribution in [0.25, 0.3) is 0 Å². The van der Waals surface area contributed by atoms with Gasteiger partial charge < -0.3 is 0 Å². The Hall–Kier alpha value is 1.86. The van der Waals surface area contributed by atoms with Gasteiger partial charge in [-0.3, -0.25) is 0 Å². The van der Waals surface area contributed by atoms with Crippen molar-refractivity contribution in [1.29, 1.82) is 0 Å². The van der Waals surface area contributed by atoms with Crippen molar-refractivity contribution in [1.82, 2.24) is 0 Å². The normalized spacial score (nSPS) is 1.50. The van der Waals surface area contributed by atoms with Gasteiger partial charge in [0.15, 0.2) is 0 Å². The van der Waals surface area contributed by atoms with Crippen LogP contribution in [0, 0.1) is 0 Å². The molecule has 0 bridgehead atoms. The molecule has 0 amide bonds. The monoisotopic (exact) mass is 346 g/mol. The van der Waals surface area contributed by atoms with Gasteiger partial charge >= 0.3 is 49.1 Å². The summed E-state index contributed by atoms with van der Waals surface area (Å²) in [6.07, 6.45) is 0. The Morgan fingerprint density at radius 1 is 1.25 bits per heavy atom. The van der Waals surface area contributed by atoms with Crippen LogP contribution >= 0.6 is 0 Å². The van der Waals surface area contributed by atoms with E-state index in [0.717, 1.165) is 0 Å². The predicted molar refractivity (Wildman–Crippen MR) is 9.23 cm³/mol. The summed E-state index contributed by atoms with van der Waals surface area (Å²) in [6.45, 7) is 0. The molecule has 1 nitrogen and oxygen atoms in total. The third kappa shape index (κ3) is 9.12. The van der Waals surface area contributed by atoms with Crippen LogP contribution in [0.3, 0.4) is 0 Å². The molecule has 4 heavy (non-hydrogen) atoms. The molecule has 0 saturated carbocycles. The maximum absolute atomic E-state index is 8.38. The van der Waals surface area contributed by atoms with Crippen molar-refractivity contribution in [3.05, 3.63) is 0 Å². The van der Waals surface area contributed by atoms with Gasteiger partial charge in [0.05, 0.1) is 0 Å². The zero-order valence-electron chi connectivity index (χ0n) is 2.18. The topological polar surface area (TPSA) is 17.1 Å². The first-order chi connectivity index (χ1) is 1.00. The molecule has 0 unspecified atom stereocenters. The van der Waals surface area contributed by atoms with Crippen molar-refractivity contribution in [2.24, 2.45) is 0 Å². The molecule has 0 spiro atoms. The van der Waals surface area contributed by atoms with Crippen molar-refractivity contribution < 1.29 is 38.9 Å². The minimum absolute atomic E-state index is 0. The third-order valence-electron chi connectivity index (χ3n) is 0. The van der Waals surface area contributed by atoms with Gasteiger partial charge in [-0.1, -0.05) is 0 Å². The summed E-state index contributed by atoms with van der Waals surface area (Å²) in [7, 11) is 0. The van der Waals surface area contributed by atoms with Crippen molar-refractivity contribution in [3.63, 3.8) is 0 Å². The van der Waals surface area contributed by atoms with E-state index in [9.17, 15) is 0 Å². The van der Waals surface area contributed by atoms with Crippen LogP contribution in [0.4, 0.5) is 0 Å². The first-order valence-electron chi connectivity index (χ1n) is 0.289. The van der Waals surface area contributed by atoms with Gasteiger partial charge in [-0.2, -0.15) is 0 Å². The van der Waals surface area contributed by atoms with Gasteiger partial charge in [0.2, 0.25) is 0 Å². The van der Waals surface area contributed by atoms with Gasteiger partial charge in [-0.25, -0.2) is 0 Å². The van der Waals surface area contributed by atoms with E-state index < -0.39 is 0 Å².